The van der Waals surface area contributed by atoms with Crippen LogP contribution < -0.4 is 9.47 Å². The maximum absolute atomic E-state index is 12.9. The zero-order valence-electron chi connectivity index (χ0n) is 12.8. The molecule has 4 rings (SSSR count). The van der Waals surface area contributed by atoms with Crippen LogP contribution in [0.4, 0.5) is 0 Å². The molecule has 1 fully saturated rings. The molecule has 0 spiro atoms. The van der Waals surface area contributed by atoms with E-state index in [0.29, 0.717) is 13.2 Å². The number of hydrogen-bond donors (Lipinski definition) is 0. The van der Waals surface area contributed by atoms with Crippen molar-refractivity contribution in [2.75, 3.05) is 19.8 Å². The number of hydrogen-bond acceptors (Lipinski definition) is 4. The number of ether oxygens (including phenoxy) is 2. The second-order valence-corrected chi connectivity index (χ2v) is 9.02. The van der Waals surface area contributed by atoms with Crippen molar-refractivity contribution >= 4 is 49.1 Å². The van der Waals surface area contributed by atoms with Gasteiger partial charge in [0.15, 0.2) is 11.5 Å². The van der Waals surface area contributed by atoms with Crippen molar-refractivity contribution in [1.82, 2.24) is 4.90 Å². The van der Waals surface area contributed by atoms with Gasteiger partial charge in [0.2, 0.25) is 0 Å². The van der Waals surface area contributed by atoms with Crippen LogP contribution in [-0.4, -0.2) is 30.6 Å². The van der Waals surface area contributed by atoms with Gasteiger partial charge in [0.05, 0.1) is 14.7 Å². The topological polar surface area (TPSA) is 38.8 Å². The highest BCUT2D eigenvalue weighted by Crippen LogP contribution is 2.40. The lowest BCUT2D eigenvalue weighted by molar-refractivity contribution is 0.0740. The lowest BCUT2D eigenvalue weighted by Gasteiger charge is -2.26. The molecule has 0 bridgehead atoms. The monoisotopic (exact) mass is 471 g/mol. The van der Waals surface area contributed by atoms with Crippen LogP contribution in [0.15, 0.2) is 32.5 Å². The molecule has 4 nitrogen and oxygen atoms in total. The zero-order chi connectivity index (χ0) is 16.7. The molecular weight excluding hydrogens is 458 g/mol. The summed E-state index contributed by atoms with van der Waals surface area (Å²) in [7, 11) is 0. The van der Waals surface area contributed by atoms with E-state index in [0.717, 1.165) is 49.6 Å². The van der Waals surface area contributed by atoms with E-state index in [4.69, 9.17) is 9.47 Å². The maximum Gasteiger partial charge on any atom is 0.264 e. The Balaban J connectivity index is 1.61. The lowest BCUT2D eigenvalue weighted by atomic mass is 10.0. The van der Waals surface area contributed by atoms with E-state index in [9.17, 15) is 4.79 Å². The van der Waals surface area contributed by atoms with Gasteiger partial charge in [-0.05, 0) is 68.5 Å². The highest BCUT2D eigenvalue weighted by atomic mass is 79.9. The van der Waals surface area contributed by atoms with Crippen molar-refractivity contribution in [3.63, 3.8) is 0 Å². The second-order valence-electron chi connectivity index (χ2n) is 5.79. The summed E-state index contributed by atoms with van der Waals surface area (Å²) in [5.74, 6) is 1.65. The first kappa shape index (κ1) is 16.4. The van der Waals surface area contributed by atoms with Gasteiger partial charge < -0.3 is 14.4 Å². The van der Waals surface area contributed by atoms with Gasteiger partial charge in [-0.25, -0.2) is 0 Å². The first-order valence-electron chi connectivity index (χ1n) is 7.79. The van der Waals surface area contributed by atoms with Crippen LogP contribution in [0.25, 0.3) is 0 Å². The number of rotatable bonds is 2. The molecule has 0 saturated carbocycles. The Morgan fingerprint density at radius 3 is 2.71 bits per heavy atom. The highest BCUT2D eigenvalue weighted by molar-refractivity contribution is 9.13. The van der Waals surface area contributed by atoms with E-state index in [2.05, 4.69) is 31.9 Å². The standard InChI is InChI=1S/C17H15Br2NO3S/c18-11-9-15(24-16(11)19)17(21)20-5-1-2-12(20)10-3-4-13-14(8-10)23-7-6-22-13/h3-4,8-9,12H,1-2,5-7H2/t12-/m1/s1. The Labute approximate surface area is 161 Å². The number of likely N-dealkylation sites (tertiary alicyclic amines) is 1. The first-order chi connectivity index (χ1) is 11.6. The molecule has 0 radical (unpaired) electrons. The summed E-state index contributed by atoms with van der Waals surface area (Å²) in [6.45, 7) is 1.94. The molecule has 1 aromatic carbocycles. The first-order valence-corrected chi connectivity index (χ1v) is 10.2. The smallest absolute Gasteiger partial charge is 0.264 e. The third kappa shape index (κ3) is 2.97. The molecule has 0 N–H and O–H groups in total. The number of carbonyl (C=O) groups is 1. The minimum absolute atomic E-state index is 0.0868. The fourth-order valence-electron chi connectivity index (χ4n) is 3.22. The molecule has 2 aliphatic heterocycles. The Kier molecular flexibility index (Phi) is 4.58. The predicted molar refractivity (Wildman–Crippen MR) is 100 cm³/mol. The Hall–Kier alpha value is -1.05. The number of thiophene rings is 1. The summed E-state index contributed by atoms with van der Waals surface area (Å²) in [6.07, 6.45) is 1.98. The fourth-order valence-corrected chi connectivity index (χ4v) is 5.21. The highest BCUT2D eigenvalue weighted by Gasteiger charge is 2.32. The molecule has 2 aromatic rings. The molecule has 3 heterocycles. The molecule has 0 aliphatic carbocycles. The van der Waals surface area contributed by atoms with Crippen molar-refractivity contribution in [3.8, 4) is 11.5 Å². The molecule has 1 atom stereocenters. The average molecular weight is 473 g/mol. The molecule has 1 saturated heterocycles. The Morgan fingerprint density at radius 1 is 1.17 bits per heavy atom. The van der Waals surface area contributed by atoms with Crippen molar-refractivity contribution < 1.29 is 14.3 Å². The molecule has 7 heteroatoms. The van der Waals surface area contributed by atoms with Gasteiger partial charge in [-0.3, -0.25) is 4.79 Å². The number of benzene rings is 1. The van der Waals surface area contributed by atoms with Crippen molar-refractivity contribution in [3.05, 3.63) is 43.0 Å². The quantitative estimate of drug-likeness (QED) is 0.615. The van der Waals surface area contributed by atoms with E-state index in [1.165, 1.54) is 11.3 Å². The third-order valence-electron chi connectivity index (χ3n) is 4.32. The van der Waals surface area contributed by atoms with Gasteiger partial charge in [-0.1, -0.05) is 6.07 Å². The number of amides is 1. The van der Waals surface area contributed by atoms with Crippen molar-refractivity contribution in [2.24, 2.45) is 0 Å². The summed E-state index contributed by atoms with van der Waals surface area (Å²) in [5, 5.41) is 0. The van der Waals surface area contributed by atoms with Crippen LogP contribution in [0.2, 0.25) is 0 Å². The van der Waals surface area contributed by atoms with E-state index < -0.39 is 0 Å². The molecule has 1 amide bonds. The molecule has 2 aliphatic rings. The van der Waals surface area contributed by atoms with E-state index >= 15 is 0 Å². The minimum Gasteiger partial charge on any atom is -0.486 e. The number of carbonyl (C=O) groups excluding carboxylic acids is 1. The average Bonchev–Trinajstić information content (AvgIpc) is 3.21. The van der Waals surface area contributed by atoms with E-state index in [1.807, 2.05) is 29.2 Å². The minimum atomic E-state index is 0.0868. The van der Waals surface area contributed by atoms with Crippen LogP contribution in [-0.2, 0) is 0 Å². The third-order valence-corrected chi connectivity index (χ3v) is 7.56. The van der Waals surface area contributed by atoms with Crippen LogP contribution in [0, 0.1) is 0 Å². The summed E-state index contributed by atoms with van der Waals surface area (Å²) in [4.78, 5) is 15.6. The largest absolute Gasteiger partial charge is 0.486 e. The molecule has 0 unspecified atom stereocenters. The summed E-state index contributed by atoms with van der Waals surface area (Å²) in [6, 6.07) is 7.99. The second kappa shape index (κ2) is 6.69. The SMILES string of the molecule is O=C(c1cc(Br)c(Br)s1)N1CCC[C@@H]1c1ccc2c(c1)OCCO2. The van der Waals surface area contributed by atoms with Gasteiger partial charge in [0.1, 0.15) is 13.2 Å². The number of halogens is 2. The van der Waals surface area contributed by atoms with Gasteiger partial charge in [0, 0.05) is 11.0 Å². The number of fused-ring (bicyclic) bond motifs is 1. The predicted octanol–water partition coefficient (Wildman–Crippen LogP) is 5.02. The van der Waals surface area contributed by atoms with Gasteiger partial charge >= 0.3 is 0 Å². The summed E-state index contributed by atoms with van der Waals surface area (Å²) < 4.78 is 13.1. The van der Waals surface area contributed by atoms with Gasteiger partial charge in [0.25, 0.3) is 5.91 Å². The van der Waals surface area contributed by atoms with Gasteiger partial charge in [-0.15, -0.1) is 11.3 Å². The van der Waals surface area contributed by atoms with Crippen LogP contribution in [0.1, 0.15) is 34.1 Å². The number of nitrogens with zero attached hydrogens (tertiary/aromatic N) is 1. The van der Waals surface area contributed by atoms with E-state index in [1.54, 1.807) is 0 Å². The Bertz CT molecular complexity index is 773. The normalized spacial score (nSPS) is 19.6. The fraction of sp³-hybridized carbons (Fsp3) is 0.353. The van der Waals surface area contributed by atoms with Crippen LogP contribution in [0.5, 0.6) is 11.5 Å². The maximum atomic E-state index is 12.9. The van der Waals surface area contributed by atoms with Crippen molar-refractivity contribution in [1.29, 1.82) is 0 Å². The van der Waals surface area contributed by atoms with Crippen molar-refractivity contribution in [2.45, 2.75) is 18.9 Å². The summed E-state index contributed by atoms with van der Waals surface area (Å²) in [5.41, 5.74) is 1.11. The lowest BCUT2D eigenvalue weighted by Crippen LogP contribution is -2.30. The van der Waals surface area contributed by atoms with Gasteiger partial charge in [-0.2, -0.15) is 0 Å². The van der Waals surface area contributed by atoms with E-state index in [-0.39, 0.29) is 11.9 Å². The summed E-state index contributed by atoms with van der Waals surface area (Å²) >= 11 is 8.38. The molecule has 126 valence electrons. The zero-order valence-corrected chi connectivity index (χ0v) is 16.7. The van der Waals surface area contributed by atoms with Crippen LogP contribution in [0.3, 0.4) is 0 Å². The van der Waals surface area contributed by atoms with Crippen LogP contribution >= 0.6 is 43.2 Å². The Morgan fingerprint density at radius 2 is 1.96 bits per heavy atom. The molecule has 1 aromatic heterocycles. The molecule has 24 heavy (non-hydrogen) atoms. The molecular formula is C17H15Br2NO3S.